The van der Waals surface area contributed by atoms with E-state index in [2.05, 4.69) is 231 Å². The van der Waals surface area contributed by atoms with Crippen molar-refractivity contribution in [1.82, 2.24) is 0 Å². The monoisotopic (exact) mass is 791 g/mol. The molecule has 0 aromatic heterocycles. The Balaban J connectivity index is 0.938. The summed E-state index contributed by atoms with van der Waals surface area (Å²) in [7, 11) is 0. The highest BCUT2D eigenvalue weighted by Crippen LogP contribution is 2.50. The van der Waals surface area contributed by atoms with Crippen LogP contribution in [0.4, 0.5) is 17.1 Å². The number of hydrogen-bond donors (Lipinski definition) is 0. The number of fused-ring (bicyclic) bond motifs is 9. The number of anilines is 3. The van der Waals surface area contributed by atoms with Crippen molar-refractivity contribution in [2.45, 2.75) is 32.1 Å². The van der Waals surface area contributed by atoms with Crippen molar-refractivity contribution in [2.75, 3.05) is 4.90 Å². The highest BCUT2D eigenvalue weighted by atomic mass is 15.1. The Labute approximate surface area is 363 Å². The Morgan fingerprint density at radius 1 is 0.371 bits per heavy atom. The van der Waals surface area contributed by atoms with Crippen molar-refractivity contribution < 1.29 is 0 Å². The number of nitrogens with zero attached hydrogens (tertiary/aromatic N) is 1. The minimum Gasteiger partial charge on any atom is -0.310 e. The molecule has 1 nitrogen and oxygen atoms in total. The van der Waals surface area contributed by atoms with E-state index in [1.807, 2.05) is 0 Å². The van der Waals surface area contributed by atoms with Gasteiger partial charge in [0, 0.05) is 22.5 Å². The second-order valence-corrected chi connectivity index (χ2v) is 17.7. The minimum absolute atomic E-state index is 0.0428. The van der Waals surface area contributed by atoms with Gasteiger partial charge in [0.2, 0.25) is 0 Å². The van der Waals surface area contributed by atoms with E-state index in [0.717, 1.165) is 29.9 Å². The first-order chi connectivity index (χ1) is 30.5. The van der Waals surface area contributed by atoms with Crippen LogP contribution in [0.25, 0.3) is 77.3 Å². The van der Waals surface area contributed by atoms with Gasteiger partial charge in [-0.2, -0.15) is 0 Å². The Bertz CT molecular complexity index is 3420. The predicted molar refractivity (Wildman–Crippen MR) is 265 cm³/mol. The van der Waals surface area contributed by atoms with E-state index in [1.165, 1.54) is 99.1 Å². The van der Waals surface area contributed by atoms with Gasteiger partial charge in [-0.1, -0.05) is 178 Å². The van der Waals surface area contributed by atoms with E-state index in [4.69, 9.17) is 0 Å². The van der Waals surface area contributed by atoms with E-state index in [-0.39, 0.29) is 5.41 Å². The molecule has 0 aliphatic heterocycles. The van der Waals surface area contributed by atoms with Gasteiger partial charge in [0.15, 0.2) is 0 Å². The molecule has 0 spiro atoms. The second kappa shape index (κ2) is 14.3. The molecule has 0 fully saturated rings. The van der Waals surface area contributed by atoms with Gasteiger partial charge in [-0.05, 0) is 160 Å². The van der Waals surface area contributed by atoms with Crippen LogP contribution in [-0.4, -0.2) is 0 Å². The normalized spacial score (nSPS) is 13.7. The zero-order valence-electron chi connectivity index (χ0n) is 35.1. The fourth-order valence-corrected chi connectivity index (χ4v) is 10.4. The van der Waals surface area contributed by atoms with E-state index in [9.17, 15) is 0 Å². The van der Waals surface area contributed by atoms with E-state index in [0.29, 0.717) is 0 Å². The van der Waals surface area contributed by atoms with Crippen LogP contribution in [0.15, 0.2) is 206 Å². The van der Waals surface area contributed by atoms with Gasteiger partial charge in [-0.15, -0.1) is 0 Å². The van der Waals surface area contributed by atoms with Crippen molar-refractivity contribution in [3.63, 3.8) is 0 Å². The lowest BCUT2D eigenvalue weighted by atomic mass is 9.81. The third-order valence-electron chi connectivity index (χ3n) is 13.8. The summed E-state index contributed by atoms with van der Waals surface area (Å²) in [6, 6.07) is 76.7. The summed E-state index contributed by atoms with van der Waals surface area (Å²) in [4.78, 5) is 2.41. The van der Waals surface area contributed by atoms with Crippen LogP contribution < -0.4 is 4.90 Å². The maximum Gasteiger partial charge on any atom is 0.0467 e. The Morgan fingerprint density at radius 3 is 1.76 bits per heavy atom. The number of hydrogen-bond acceptors (Lipinski definition) is 1. The molecule has 10 aromatic carbocycles. The molecule has 0 radical (unpaired) electrons. The lowest BCUT2D eigenvalue weighted by Crippen LogP contribution is -2.14. The quantitative estimate of drug-likeness (QED) is 0.152. The molecule has 10 aromatic rings. The summed E-state index contributed by atoms with van der Waals surface area (Å²) >= 11 is 0. The molecule has 0 N–H and O–H groups in total. The average Bonchev–Trinajstić information content (AvgIpc) is 3.56. The van der Waals surface area contributed by atoms with E-state index >= 15 is 0 Å². The SMILES string of the molecule is CC1(C)c2ccccc2-c2ccc(-c3ccc(N(c4ccc(C5=Cc6c(ccc7ccccc67)CC5)cc4)c4cccc(-c5ccc6ccc7ccccc7c6c5)c4)cc3)cc21. The Hall–Kier alpha value is -7.48. The highest BCUT2D eigenvalue weighted by Gasteiger charge is 2.35. The van der Waals surface area contributed by atoms with Gasteiger partial charge < -0.3 is 4.90 Å². The first kappa shape index (κ1) is 36.4. The maximum atomic E-state index is 2.43. The standard InChI is InChI=1S/C61H45N/c1-61(2)59-17-8-7-16-55(59)56-35-30-49(39-60(56)61)41-28-33-51(34-29-41)62(50-31-26-40(27-32-50)47-24-22-44-20-18-42-10-3-5-14-53(42)57(44)37-47)52-13-9-12-46(36-52)48-25-23-45-21-19-43-11-4-6-15-54(43)58(45)38-48/h3-21,23,25-39H,22,24H2,1-2H3. The van der Waals surface area contributed by atoms with Gasteiger partial charge in [0.05, 0.1) is 0 Å². The number of aryl methyl sites for hydroxylation is 1. The van der Waals surface area contributed by atoms with Gasteiger partial charge in [-0.3, -0.25) is 0 Å². The van der Waals surface area contributed by atoms with Crippen LogP contribution in [0, 0.1) is 0 Å². The summed E-state index contributed by atoms with van der Waals surface area (Å²) < 4.78 is 0. The molecular weight excluding hydrogens is 747 g/mol. The van der Waals surface area contributed by atoms with Crippen LogP contribution >= 0.6 is 0 Å². The van der Waals surface area contributed by atoms with Crippen molar-refractivity contribution in [3.05, 3.63) is 234 Å². The molecule has 0 unspecified atom stereocenters. The first-order valence-electron chi connectivity index (χ1n) is 21.9. The molecular formula is C61H45N. The van der Waals surface area contributed by atoms with Gasteiger partial charge in [0.1, 0.15) is 0 Å². The van der Waals surface area contributed by atoms with Crippen molar-refractivity contribution in [3.8, 4) is 33.4 Å². The zero-order valence-corrected chi connectivity index (χ0v) is 35.1. The molecule has 2 aliphatic carbocycles. The van der Waals surface area contributed by atoms with Crippen LogP contribution in [-0.2, 0) is 11.8 Å². The number of allylic oxidation sites excluding steroid dienone is 1. The lowest BCUT2D eigenvalue weighted by molar-refractivity contribution is 0.660. The topological polar surface area (TPSA) is 3.24 Å². The van der Waals surface area contributed by atoms with Crippen molar-refractivity contribution >= 4 is 61.0 Å². The molecule has 12 rings (SSSR count). The molecule has 0 bridgehead atoms. The van der Waals surface area contributed by atoms with Crippen molar-refractivity contribution in [1.29, 1.82) is 0 Å². The summed E-state index contributed by atoms with van der Waals surface area (Å²) in [5, 5.41) is 7.71. The Morgan fingerprint density at radius 2 is 0.952 bits per heavy atom. The summed E-state index contributed by atoms with van der Waals surface area (Å²) in [5.74, 6) is 0. The second-order valence-electron chi connectivity index (χ2n) is 17.7. The predicted octanol–water partition coefficient (Wildman–Crippen LogP) is 16.7. The van der Waals surface area contributed by atoms with Gasteiger partial charge in [0.25, 0.3) is 0 Å². The smallest absolute Gasteiger partial charge is 0.0467 e. The molecule has 0 atom stereocenters. The summed E-state index contributed by atoms with van der Waals surface area (Å²) in [6.45, 7) is 4.71. The van der Waals surface area contributed by atoms with Crippen LogP contribution in [0.5, 0.6) is 0 Å². The maximum absolute atomic E-state index is 2.43. The molecule has 2 aliphatic rings. The number of rotatable bonds is 6. The van der Waals surface area contributed by atoms with Crippen LogP contribution in [0.2, 0.25) is 0 Å². The third kappa shape index (κ3) is 5.99. The molecule has 0 heterocycles. The average molecular weight is 792 g/mol. The van der Waals surface area contributed by atoms with E-state index in [1.54, 1.807) is 0 Å². The van der Waals surface area contributed by atoms with Gasteiger partial charge >= 0.3 is 0 Å². The molecule has 294 valence electrons. The van der Waals surface area contributed by atoms with Crippen molar-refractivity contribution in [2.24, 2.45) is 0 Å². The molecule has 62 heavy (non-hydrogen) atoms. The Kier molecular flexibility index (Phi) is 8.40. The summed E-state index contributed by atoms with van der Waals surface area (Å²) in [5.41, 5.74) is 19.2. The fraction of sp³-hybridized carbons (Fsp3) is 0.0820. The highest BCUT2D eigenvalue weighted by molar-refractivity contribution is 6.09. The zero-order chi connectivity index (χ0) is 41.4. The number of benzene rings is 10. The van der Waals surface area contributed by atoms with Crippen LogP contribution in [0.1, 0.15) is 48.1 Å². The summed E-state index contributed by atoms with van der Waals surface area (Å²) in [6.07, 6.45) is 4.52. The molecule has 0 saturated carbocycles. The molecule has 0 amide bonds. The first-order valence-corrected chi connectivity index (χ1v) is 21.9. The molecule has 0 saturated heterocycles. The minimum atomic E-state index is -0.0428. The lowest BCUT2D eigenvalue weighted by Gasteiger charge is -2.27. The third-order valence-corrected chi connectivity index (χ3v) is 13.8. The largest absolute Gasteiger partial charge is 0.310 e. The molecule has 1 heteroatoms. The fourth-order valence-electron chi connectivity index (χ4n) is 10.4. The van der Waals surface area contributed by atoms with Crippen LogP contribution in [0.3, 0.4) is 0 Å². The van der Waals surface area contributed by atoms with E-state index < -0.39 is 0 Å². The van der Waals surface area contributed by atoms with Gasteiger partial charge in [-0.25, -0.2) is 0 Å².